The van der Waals surface area contributed by atoms with Gasteiger partial charge in [-0.15, -0.1) is 0 Å². The molecule has 0 aliphatic heterocycles. The molecule has 0 aliphatic rings. The number of benzene rings is 2. The molecule has 0 radical (unpaired) electrons. The molecule has 0 unspecified atom stereocenters. The summed E-state index contributed by atoms with van der Waals surface area (Å²) < 4.78 is 15.3. The lowest BCUT2D eigenvalue weighted by Gasteiger charge is -2.10. The Hall–Kier alpha value is -2.44. The highest BCUT2D eigenvalue weighted by atomic mass is 35.5. The molecule has 6 nitrogen and oxygen atoms in total. The zero-order valence-corrected chi connectivity index (χ0v) is 15.7. The Balaban J connectivity index is 1.77. The smallest absolute Gasteiger partial charge is 0.344 e. The number of hydrogen-bond acceptors (Lipinski definition) is 5. The number of carbonyl (C=O) groups excluding carboxylic acids is 2. The van der Waals surface area contributed by atoms with E-state index in [1.807, 2.05) is 0 Å². The first-order valence-electron chi connectivity index (χ1n) is 7.57. The van der Waals surface area contributed by atoms with Crippen LogP contribution in [0.2, 0.25) is 10.0 Å². The van der Waals surface area contributed by atoms with Crippen molar-refractivity contribution < 1.29 is 23.8 Å². The van der Waals surface area contributed by atoms with Crippen LogP contribution < -0.4 is 14.8 Å². The average molecular weight is 398 g/mol. The van der Waals surface area contributed by atoms with E-state index in [1.54, 1.807) is 37.3 Å². The van der Waals surface area contributed by atoms with Crippen molar-refractivity contribution in [3.8, 4) is 11.5 Å². The molecule has 138 valence electrons. The number of methoxy groups -OCH3 is 1. The molecule has 1 amide bonds. The minimum atomic E-state index is -0.665. The molecule has 26 heavy (non-hydrogen) atoms. The van der Waals surface area contributed by atoms with Crippen LogP contribution in [0.15, 0.2) is 36.4 Å². The molecule has 0 bridgehead atoms. The Morgan fingerprint density at radius 3 is 2.42 bits per heavy atom. The van der Waals surface area contributed by atoms with E-state index in [1.165, 1.54) is 13.2 Å². The number of carbonyl (C=O) groups is 2. The average Bonchev–Trinajstić information content (AvgIpc) is 2.59. The fourth-order valence-electron chi connectivity index (χ4n) is 2.04. The van der Waals surface area contributed by atoms with Crippen molar-refractivity contribution in [1.29, 1.82) is 0 Å². The Morgan fingerprint density at radius 1 is 1.04 bits per heavy atom. The van der Waals surface area contributed by atoms with Crippen LogP contribution in [0.3, 0.4) is 0 Å². The third-order valence-corrected chi connectivity index (χ3v) is 3.81. The lowest BCUT2D eigenvalue weighted by molar-refractivity contribution is -0.149. The summed E-state index contributed by atoms with van der Waals surface area (Å²) in [6, 6.07) is 9.80. The molecule has 1 N–H and O–H groups in total. The Labute approximate surface area is 160 Å². The second-order valence-electron chi connectivity index (χ2n) is 5.26. The molecule has 0 spiro atoms. The minimum Gasteiger partial charge on any atom is -0.495 e. The minimum absolute atomic E-state index is 0.315. The molecule has 0 aliphatic carbocycles. The maximum absolute atomic E-state index is 11.8. The summed E-state index contributed by atoms with van der Waals surface area (Å²) >= 11 is 11.8. The summed E-state index contributed by atoms with van der Waals surface area (Å²) in [5.74, 6) is -0.154. The Morgan fingerprint density at radius 2 is 1.77 bits per heavy atom. The largest absolute Gasteiger partial charge is 0.495 e. The summed E-state index contributed by atoms with van der Waals surface area (Å²) in [5, 5.41) is 3.50. The van der Waals surface area contributed by atoms with Gasteiger partial charge in [-0.05, 0) is 48.9 Å². The number of hydrogen-bond donors (Lipinski definition) is 1. The predicted molar refractivity (Wildman–Crippen MR) is 99.3 cm³/mol. The van der Waals surface area contributed by atoms with E-state index in [-0.39, 0.29) is 6.61 Å². The topological polar surface area (TPSA) is 73.9 Å². The van der Waals surface area contributed by atoms with Crippen molar-refractivity contribution >= 4 is 40.8 Å². The van der Waals surface area contributed by atoms with E-state index >= 15 is 0 Å². The lowest BCUT2D eigenvalue weighted by Crippen LogP contribution is -2.23. The highest BCUT2D eigenvalue weighted by Crippen LogP contribution is 2.27. The fraction of sp³-hybridized carbons (Fsp3) is 0.222. The van der Waals surface area contributed by atoms with E-state index in [0.717, 1.165) is 5.56 Å². The highest BCUT2D eigenvalue weighted by Gasteiger charge is 2.11. The summed E-state index contributed by atoms with van der Waals surface area (Å²) in [6.07, 6.45) is 0. The first-order chi connectivity index (χ1) is 12.4. The normalized spacial score (nSPS) is 10.2. The van der Waals surface area contributed by atoms with Crippen molar-refractivity contribution in [2.75, 3.05) is 25.6 Å². The number of amides is 1. The van der Waals surface area contributed by atoms with Gasteiger partial charge in [-0.1, -0.05) is 23.2 Å². The number of rotatable bonds is 7. The van der Waals surface area contributed by atoms with E-state index in [0.29, 0.717) is 27.2 Å². The van der Waals surface area contributed by atoms with Crippen LogP contribution in [0.25, 0.3) is 0 Å². The van der Waals surface area contributed by atoms with Crippen LogP contribution in [0.5, 0.6) is 11.5 Å². The number of ether oxygens (including phenoxy) is 3. The van der Waals surface area contributed by atoms with Gasteiger partial charge in [0.05, 0.1) is 12.1 Å². The highest BCUT2D eigenvalue weighted by molar-refractivity contribution is 6.32. The van der Waals surface area contributed by atoms with Gasteiger partial charge in [-0.2, -0.15) is 0 Å². The molecule has 8 heteroatoms. The fourth-order valence-corrected chi connectivity index (χ4v) is 2.52. The molecule has 0 saturated heterocycles. The molecule has 0 fully saturated rings. The first kappa shape index (κ1) is 19.9. The number of halogens is 2. The van der Waals surface area contributed by atoms with Crippen LogP contribution in [-0.2, 0) is 14.3 Å². The molecule has 0 aromatic heterocycles. The number of anilines is 1. The van der Waals surface area contributed by atoms with Crippen molar-refractivity contribution in [2.24, 2.45) is 0 Å². The molecular weight excluding hydrogens is 381 g/mol. The monoisotopic (exact) mass is 397 g/mol. The summed E-state index contributed by atoms with van der Waals surface area (Å²) in [6.45, 7) is 1.05. The molecule has 0 heterocycles. The molecule has 0 atom stereocenters. The molecular formula is C18H17Cl2NO5. The second-order valence-corrected chi connectivity index (χ2v) is 6.10. The standard InChI is InChI=1S/C18H17Cl2NO5/c1-11-7-12(19)3-5-15(11)25-10-18(23)26-9-17(22)21-13-4-6-16(24-2)14(20)8-13/h3-8H,9-10H2,1-2H3,(H,21,22). The van der Waals surface area contributed by atoms with Gasteiger partial charge in [0.25, 0.3) is 5.91 Å². The van der Waals surface area contributed by atoms with Crippen molar-refractivity contribution in [3.05, 3.63) is 52.0 Å². The van der Waals surface area contributed by atoms with Crippen molar-refractivity contribution in [3.63, 3.8) is 0 Å². The van der Waals surface area contributed by atoms with Gasteiger partial charge < -0.3 is 19.5 Å². The van der Waals surface area contributed by atoms with Gasteiger partial charge in [0.1, 0.15) is 11.5 Å². The van der Waals surface area contributed by atoms with Gasteiger partial charge in [-0.25, -0.2) is 4.79 Å². The van der Waals surface area contributed by atoms with Gasteiger partial charge in [-0.3, -0.25) is 4.79 Å². The number of esters is 1. The maximum atomic E-state index is 11.8. The van der Waals surface area contributed by atoms with Gasteiger partial charge in [0, 0.05) is 10.7 Å². The SMILES string of the molecule is COc1ccc(NC(=O)COC(=O)COc2ccc(Cl)cc2C)cc1Cl. The summed E-state index contributed by atoms with van der Waals surface area (Å²) in [7, 11) is 1.49. The van der Waals surface area contributed by atoms with Crippen LogP contribution in [-0.4, -0.2) is 32.2 Å². The van der Waals surface area contributed by atoms with Crippen LogP contribution >= 0.6 is 23.2 Å². The van der Waals surface area contributed by atoms with Crippen molar-refractivity contribution in [1.82, 2.24) is 0 Å². The number of nitrogens with one attached hydrogen (secondary N) is 1. The quantitative estimate of drug-likeness (QED) is 0.717. The maximum Gasteiger partial charge on any atom is 0.344 e. The van der Waals surface area contributed by atoms with Gasteiger partial charge >= 0.3 is 5.97 Å². The third-order valence-electron chi connectivity index (χ3n) is 3.28. The third kappa shape index (κ3) is 5.82. The first-order valence-corrected chi connectivity index (χ1v) is 8.32. The second kappa shape index (κ2) is 9.31. The lowest BCUT2D eigenvalue weighted by atomic mass is 10.2. The number of aryl methyl sites for hydroxylation is 1. The van der Waals surface area contributed by atoms with Crippen LogP contribution in [0, 0.1) is 6.92 Å². The molecule has 0 saturated carbocycles. The molecule has 2 aromatic rings. The van der Waals surface area contributed by atoms with E-state index in [2.05, 4.69) is 5.32 Å². The zero-order chi connectivity index (χ0) is 19.1. The van der Waals surface area contributed by atoms with Crippen LogP contribution in [0.1, 0.15) is 5.56 Å². The van der Waals surface area contributed by atoms with E-state index in [9.17, 15) is 9.59 Å². The summed E-state index contributed by atoms with van der Waals surface area (Å²) in [4.78, 5) is 23.5. The Bertz CT molecular complexity index is 810. The van der Waals surface area contributed by atoms with Crippen molar-refractivity contribution in [2.45, 2.75) is 6.92 Å². The Kier molecular flexibility index (Phi) is 7.12. The molecule has 2 aromatic carbocycles. The van der Waals surface area contributed by atoms with Gasteiger partial charge in [0.2, 0.25) is 0 Å². The summed E-state index contributed by atoms with van der Waals surface area (Å²) in [5.41, 5.74) is 1.25. The van der Waals surface area contributed by atoms with Crippen LogP contribution in [0.4, 0.5) is 5.69 Å². The van der Waals surface area contributed by atoms with Gasteiger partial charge in [0.15, 0.2) is 13.2 Å². The van der Waals surface area contributed by atoms with E-state index in [4.69, 9.17) is 37.4 Å². The molecule has 2 rings (SSSR count). The predicted octanol–water partition coefficient (Wildman–Crippen LogP) is 3.87. The van der Waals surface area contributed by atoms with E-state index < -0.39 is 18.5 Å². The zero-order valence-electron chi connectivity index (χ0n) is 14.2.